The molecule has 0 saturated carbocycles. The Hall–Kier alpha value is -2.21. The van der Waals surface area contributed by atoms with E-state index in [1.807, 2.05) is 0 Å². The van der Waals surface area contributed by atoms with Gasteiger partial charge in [-0.1, -0.05) is 0 Å². The average Bonchev–Trinajstić information content (AvgIpc) is 2.75. The summed E-state index contributed by atoms with van der Waals surface area (Å²) in [6.07, 6.45) is 1.57. The van der Waals surface area contributed by atoms with Crippen LogP contribution in [-0.2, 0) is 17.8 Å². The Balaban J connectivity index is 2.10. The standard InChI is InChI=1S/C14H14FN3O2/c1-2-20-14(19)13-12-7-16-6-9-5-10(15)3-4-11(9)18(12)8-17-13/h3-5,8,16H,2,6-7H2,1H3. The molecule has 2 aromatic rings. The maximum atomic E-state index is 13.3. The highest BCUT2D eigenvalue weighted by atomic mass is 19.1. The number of ether oxygens (including phenoxy) is 1. The van der Waals surface area contributed by atoms with Crippen LogP contribution in [0, 0.1) is 5.82 Å². The third-order valence-corrected chi connectivity index (χ3v) is 3.24. The molecule has 0 spiro atoms. The molecule has 1 aromatic carbocycles. The minimum atomic E-state index is -0.436. The van der Waals surface area contributed by atoms with E-state index in [-0.39, 0.29) is 5.82 Å². The number of imidazole rings is 1. The Kier molecular flexibility index (Phi) is 3.23. The molecular formula is C14H14FN3O2. The van der Waals surface area contributed by atoms with Gasteiger partial charge in [-0.15, -0.1) is 0 Å². The summed E-state index contributed by atoms with van der Waals surface area (Å²) in [6, 6.07) is 4.58. The lowest BCUT2D eigenvalue weighted by Gasteiger charge is -2.08. The van der Waals surface area contributed by atoms with Crippen molar-refractivity contribution in [1.29, 1.82) is 0 Å². The fourth-order valence-electron chi connectivity index (χ4n) is 2.37. The molecule has 0 amide bonds. The number of hydrogen-bond acceptors (Lipinski definition) is 4. The van der Waals surface area contributed by atoms with E-state index in [9.17, 15) is 9.18 Å². The van der Waals surface area contributed by atoms with Crippen molar-refractivity contribution in [3.05, 3.63) is 47.3 Å². The van der Waals surface area contributed by atoms with Gasteiger partial charge < -0.3 is 14.6 Å². The molecule has 0 saturated heterocycles. The maximum absolute atomic E-state index is 13.3. The van der Waals surface area contributed by atoms with Gasteiger partial charge in [-0.25, -0.2) is 14.2 Å². The van der Waals surface area contributed by atoms with E-state index in [1.165, 1.54) is 12.1 Å². The molecule has 1 aliphatic heterocycles. The summed E-state index contributed by atoms with van der Waals surface area (Å²) in [5.74, 6) is -0.714. The minimum absolute atomic E-state index is 0.278. The van der Waals surface area contributed by atoms with E-state index < -0.39 is 5.97 Å². The van der Waals surface area contributed by atoms with Crippen LogP contribution in [0.4, 0.5) is 4.39 Å². The molecule has 20 heavy (non-hydrogen) atoms. The second-order valence-corrected chi connectivity index (χ2v) is 4.51. The van der Waals surface area contributed by atoms with Crippen LogP contribution in [0.2, 0.25) is 0 Å². The highest BCUT2D eigenvalue weighted by Crippen LogP contribution is 2.23. The molecule has 0 unspecified atom stereocenters. The lowest BCUT2D eigenvalue weighted by Crippen LogP contribution is -2.15. The molecule has 3 rings (SSSR count). The number of rotatable bonds is 2. The van der Waals surface area contributed by atoms with Gasteiger partial charge in [0.1, 0.15) is 12.1 Å². The predicted octanol–water partition coefficient (Wildman–Crippen LogP) is 1.79. The normalized spacial score (nSPS) is 13.3. The predicted molar refractivity (Wildman–Crippen MR) is 70.0 cm³/mol. The van der Waals surface area contributed by atoms with Crippen LogP contribution < -0.4 is 5.32 Å². The molecule has 0 fully saturated rings. The first-order chi connectivity index (χ1) is 9.70. The molecule has 0 atom stereocenters. The summed E-state index contributed by atoms with van der Waals surface area (Å²) in [4.78, 5) is 16.0. The number of nitrogens with zero attached hydrogens (tertiary/aromatic N) is 2. The Morgan fingerprint density at radius 2 is 2.35 bits per heavy atom. The quantitative estimate of drug-likeness (QED) is 0.849. The van der Waals surface area contributed by atoms with Gasteiger partial charge in [-0.2, -0.15) is 0 Å². The summed E-state index contributed by atoms with van der Waals surface area (Å²) >= 11 is 0. The zero-order valence-corrected chi connectivity index (χ0v) is 11.0. The molecule has 6 heteroatoms. The monoisotopic (exact) mass is 275 g/mol. The summed E-state index contributed by atoms with van der Waals surface area (Å²) in [7, 11) is 0. The lowest BCUT2D eigenvalue weighted by atomic mass is 10.1. The van der Waals surface area contributed by atoms with Gasteiger partial charge in [0.2, 0.25) is 0 Å². The minimum Gasteiger partial charge on any atom is -0.461 e. The number of carbonyl (C=O) groups is 1. The van der Waals surface area contributed by atoms with Crippen molar-refractivity contribution in [2.24, 2.45) is 0 Å². The Morgan fingerprint density at radius 3 is 3.15 bits per heavy atom. The van der Waals surface area contributed by atoms with Crippen LogP contribution in [0.5, 0.6) is 0 Å². The third-order valence-electron chi connectivity index (χ3n) is 3.24. The van der Waals surface area contributed by atoms with Gasteiger partial charge in [0.15, 0.2) is 5.69 Å². The number of aromatic nitrogens is 2. The first-order valence-electron chi connectivity index (χ1n) is 6.43. The summed E-state index contributed by atoms with van der Waals surface area (Å²) in [5.41, 5.74) is 2.69. The van der Waals surface area contributed by atoms with Crippen molar-refractivity contribution in [2.75, 3.05) is 6.61 Å². The number of fused-ring (bicyclic) bond motifs is 3. The molecular weight excluding hydrogens is 261 g/mol. The number of hydrogen-bond donors (Lipinski definition) is 1. The van der Waals surface area contributed by atoms with Gasteiger partial charge in [-0.05, 0) is 30.7 Å². The Bertz CT molecular complexity index is 666. The second-order valence-electron chi connectivity index (χ2n) is 4.51. The van der Waals surface area contributed by atoms with Gasteiger partial charge in [-0.3, -0.25) is 0 Å². The van der Waals surface area contributed by atoms with Crippen molar-refractivity contribution in [2.45, 2.75) is 20.0 Å². The number of halogens is 1. The molecule has 0 aliphatic carbocycles. The number of nitrogens with one attached hydrogen (secondary N) is 1. The smallest absolute Gasteiger partial charge is 0.358 e. The number of carbonyl (C=O) groups excluding carboxylic acids is 1. The van der Waals surface area contributed by atoms with E-state index in [2.05, 4.69) is 10.3 Å². The van der Waals surface area contributed by atoms with E-state index >= 15 is 0 Å². The summed E-state index contributed by atoms with van der Waals surface area (Å²) < 4.78 is 20.1. The second kappa shape index (κ2) is 5.05. The van der Waals surface area contributed by atoms with E-state index in [0.717, 1.165) is 16.9 Å². The van der Waals surface area contributed by atoms with Gasteiger partial charge in [0.05, 0.1) is 18.0 Å². The molecule has 0 bridgehead atoms. The van der Waals surface area contributed by atoms with Gasteiger partial charge in [0, 0.05) is 13.1 Å². The van der Waals surface area contributed by atoms with E-state index in [0.29, 0.717) is 25.4 Å². The van der Waals surface area contributed by atoms with Crippen molar-refractivity contribution < 1.29 is 13.9 Å². The van der Waals surface area contributed by atoms with Crippen LogP contribution >= 0.6 is 0 Å². The lowest BCUT2D eigenvalue weighted by molar-refractivity contribution is 0.0518. The molecule has 5 nitrogen and oxygen atoms in total. The Labute approximate surface area is 115 Å². The number of benzene rings is 1. The molecule has 2 heterocycles. The maximum Gasteiger partial charge on any atom is 0.358 e. The fraction of sp³-hybridized carbons (Fsp3) is 0.286. The van der Waals surface area contributed by atoms with Crippen LogP contribution in [0.1, 0.15) is 28.7 Å². The third kappa shape index (κ3) is 2.08. The zero-order chi connectivity index (χ0) is 14.1. The largest absolute Gasteiger partial charge is 0.461 e. The van der Waals surface area contributed by atoms with Crippen molar-refractivity contribution in [1.82, 2.24) is 14.9 Å². The van der Waals surface area contributed by atoms with Gasteiger partial charge >= 0.3 is 5.97 Å². The van der Waals surface area contributed by atoms with Crippen LogP contribution in [-0.4, -0.2) is 22.1 Å². The Morgan fingerprint density at radius 1 is 1.50 bits per heavy atom. The highest BCUT2D eigenvalue weighted by Gasteiger charge is 2.22. The molecule has 1 aromatic heterocycles. The summed E-state index contributed by atoms with van der Waals surface area (Å²) in [5, 5.41) is 3.18. The van der Waals surface area contributed by atoms with E-state index in [4.69, 9.17) is 4.74 Å². The zero-order valence-electron chi connectivity index (χ0n) is 11.0. The van der Waals surface area contributed by atoms with Crippen molar-refractivity contribution in [3.63, 3.8) is 0 Å². The SMILES string of the molecule is CCOC(=O)c1ncn2c1CNCc1cc(F)ccc1-2. The topological polar surface area (TPSA) is 56.1 Å². The first-order valence-corrected chi connectivity index (χ1v) is 6.43. The fourth-order valence-corrected chi connectivity index (χ4v) is 2.37. The molecule has 0 radical (unpaired) electrons. The van der Waals surface area contributed by atoms with Gasteiger partial charge in [0.25, 0.3) is 0 Å². The molecule has 1 aliphatic rings. The molecule has 104 valence electrons. The van der Waals surface area contributed by atoms with E-state index in [1.54, 1.807) is 23.9 Å². The van der Waals surface area contributed by atoms with Crippen LogP contribution in [0.3, 0.4) is 0 Å². The van der Waals surface area contributed by atoms with Crippen molar-refractivity contribution in [3.8, 4) is 5.69 Å². The average molecular weight is 275 g/mol. The van der Waals surface area contributed by atoms with Crippen LogP contribution in [0.25, 0.3) is 5.69 Å². The highest BCUT2D eigenvalue weighted by molar-refractivity contribution is 5.88. The van der Waals surface area contributed by atoms with Crippen LogP contribution in [0.15, 0.2) is 24.5 Å². The molecule has 1 N–H and O–H groups in total. The first kappa shape index (κ1) is 12.8. The number of esters is 1. The van der Waals surface area contributed by atoms with Crippen molar-refractivity contribution >= 4 is 5.97 Å². The summed E-state index contributed by atoms with van der Waals surface area (Å²) in [6.45, 7) is 3.07.